The van der Waals surface area contributed by atoms with Gasteiger partial charge >= 0.3 is 5.97 Å². The minimum Gasteiger partial charge on any atom is -0.459 e. The van der Waals surface area contributed by atoms with Gasteiger partial charge in [-0.1, -0.05) is 68.0 Å². The Morgan fingerprint density at radius 2 is 1.82 bits per heavy atom. The zero-order valence-electron chi connectivity index (χ0n) is 25.5. The van der Waals surface area contributed by atoms with E-state index in [4.69, 9.17) is 26.7 Å². The number of carbonyl (C=O) groups is 1. The minimum atomic E-state index is -0.758. The zero-order valence-corrected chi connectivity index (χ0v) is 27.9. The molecule has 0 radical (unpaired) electrons. The van der Waals surface area contributed by atoms with Crippen molar-refractivity contribution in [2.24, 2.45) is 4.99 Å². The number of carbonyl (C=O) groups excluding carboxylic acids is 1. The molecule has 1 spiro atoms. The number of rotatable bonds is 9. The van der Waals surface area contributed by atoms with E-state index < -0.39 is 11.7 Å². The van der Waals surface area contributed by atoms with Crippen LogP contribution in [0, 0.1) is 0 Å². The number of likely N-dealkylation sites (N-methyl/N-ethyl adjacent to an activating group) is 1. The molecule has 0 aliphatic carbocycles. The van der Waals surface area contributed by atoms with Crippen molar-refractivity contribution in [2.45, 2.75) is 50.5 Å². The molecule has 1 atom stereocenters. The topological polar surface area (TPSA) is 51.1 Å². The van der Waals surface area contributed by atoms with Crippen LogP contribution in [-0.4, -0.2) is 40.7 Å². The van der Waals surface area contributed by atoms with Crippen LogP contribution in [0.15, 0.2) is 83.9 Å². The number of aliphatic imine (C=N–C) groups is 1. The van der Waals surface area contributed by atoms with Crippen molar-refractivity contribution in [1.29, 1.82) is 0 Å². The lowest BCUT2D eigenvalue weighted by Gasteiger charge is -2.45. The third kappa shape index (κ3) is 5.64. The first-order valence-electron chi connectivity index (χ1n) is 14.9. The lowest BCUT2D eigenvalue weighted by Crippen LogP contribution is -2.61. The van der Waals surface area contributed by atoms with Gasteiger partial charge in [0.15, 0.2) is 0 Å². The number of thioether (sulfide) groups is 2. The summed E-state index contributed by atoms with van der Waals surface area (Å²) >= 11 is 9.07. The first kappa shape index (κ1) is 30.7. The van der Waals surface area contributed by atoms with Gasteiger partial charge in [-0.3, -0.25) is 4.99 Å². The summed E-state index contributed by atoms with van der Waals surface area (Å²) in [5, 5.41) is 1.86. The van der Waals surface area contributed by atoms with E-state index in [0.29, 0.717) is 17.1 Å². The number of ether oxygens (including phenoxy) is 2. The van der Waals surface area contributed by atoms with Crippen LogP contribution in [0.25, 0.3) is 10.8 Å². The van der Waals surface area contributed by atoms with Crippen molar-refractivity contribution < 1.29 is 14.3 Å². The number of unbranched alkanes of at least 4 members (excludes halogenated alkanes) is 1. The summed E-state index contributed by atoms with van der Waals surface area (Å²) in [5.41, 5.74) is 3.66. The second-order valence-electron chi connectivity index (χ2n) is 11.7. The van der Waals surface area contributed by atoms with Crippen LogP contribution < -0.4 is 14.4 Å². The molecule has 2 heterocycles. The van der Waals surface area contributed by atoms with E-state index in [-0.39, 0.29) is 5.41 Å². The van der Waals surface area contributed by atoms with Crippen LogP contribution in [-0.2, 0) is 11.2 Å². The van der Waals surface area contributed by atoms with Crippen LogP contribution in [0.5, 0.6) is 11.5 Å². The summed E-state index contributed by atoms with van der Waals surface area (Å²) in [6, 6.07) is 25.7. The molecule has 2 aliphatic rings. The summed E-state index contributed by atoms with van der Waals surface area (Å²) in [5.74, 6) is 3.57. The van der Waals surface area contributed by atoms with E-state index >= 15 is 0 Å². The average Bonchev–Trinajstić information content (AvgIpc) is 3.19. The number of esters is 1. The Labute approximate surface area is 273 Å². The summed E-state index contributed by atoms with van der Waals surface area (Å²) < 4.78 is 13.7. The highest BCUT2D eigenvalue weighted by molar-refractivity contribution is 8.24. The first-order chi connectivity index (χ1) is 21.2. The van der Waals surface area contributed by atoms with Crippen LogP contribution in [0.2, 0.25) is 0 Å². The number of nitrogens with zero attached hydrogens (tertiary/aromatic N) is 2. The van der Waals surface area contributed by atoms with E-state index in [2.05, 4.69) is 57.0 Å². The molecule has 0 saturated carbocycles. The Morgan fingerprint density at radius 1 is 1.05 bits per heavy atom. The molecule has 0 N–H and O–H groups in total. The van der Waals surface area contributed by atoms with E-state index in [9.17, 15) is 4.79 Å². The van der Waals surface area contributed by atoms with Crippen LogP contribution >= 0.6 is 35.7 Å². The standard InChI is InChI=1S/C36H36N2O3S3/c1-5-6-19-44-32(42)22-43-21-24-11-13-26(14-12-24)34(39)40-27-17-15-25-16-18-31-33(28(25)20-27)37-23-36(41-31)35(2,3)29-9-7-8-10-30(29)38(36)4/h7-18,20,23H,5-6,19,21-22H2,1-4H3. The Kier molecular flexibility index (Phi) is 8.77. The van der Waals surface area contributed by atoms with Gasteiger partial charge in [-0.05, 0) is 78.9 Å². The molecule has 8 heteroatoms. The van der Waals surface area contributed by atoms with Crippen molar-refractivity contribution >= 4 is 74.3 Å². The number of para-hydroxylation sites is 1. The summed E-state index contributed by atoms with van der Waals surface area (Å²) in [6.45, 7) is 6.58. The van der Waals surface area contributed by atoms with Gasteiger partial charge in [0, 0.05) is 29.6 Å². The molecule has 6 rings (SSSR count). The fraction of sp³-hybridized carbons (Fsp3) is 0.306. The fourth-order valence-electron chi connectivity index (χ4n) is 5.95. The highest BCUT2D eigenvalue weighted by atomic mass is 32.2. The fourth-order valence-corrected chi connectivity index (χ4v) is 8.39. The van der Waals surface area contributed by atoms with E-state index in [1.54, 1.807) is 23.5 Å². The maximum atomic E-state index is 13.1. The van der Waals surface area contributed by atoms with Gasteiger partial charge in [-0.15, -0.1) is 11.8 Å². The minimum absolute atomic E-state index is 0.333. The predicted octanol–water partition coefficient (Wildman–Crippen LogP) is 9.37. The molecule has 5 nitrogen and oxygen atoms in total. The number of anilines is 1. The van der Waals surface area contributed by atoms with Gasteiger partial charge in [0.25, 0.3) is 0 Å². The summed E-state index contributed by atoms with van der Waals surface area (Å²) in [4.78, 5) is 20.2. The Bertz CT molecular complexity index is 1750. The van der Waals surface area contributed by atoms with Crippen molar-refractivity contribution in [1.82, 2.24) is 0 Å². The second kappa shape index (κ2) is 12.6. The molecule has 2 aliphatic heterocycles. The van der Waals surface area contributed by atoms with Crippen molar-refractivity contribution in [2.75, 3.05) is 23.5 Å². The maximum Gasteiger partial charge on any atom is 0.343 e. The number of fused-ring (bicyclic) bond motifs is 4. The van der Waals surface area contributed by atoms with Gasteiger partial charge in [0.2, 0.25) is 5.72 Å². The molecule has 0 aromatic heterocycles. The van der Waals surface area contributed by atoms with Gasteiger partial charge < -0.3 is 14.4 Å². The van der Waals surface area contributed by atoms with Crippen LogP contribution in [0.4, 0.5) is 11.4 Å². The van der Waals surface area contributed by atoms with Gasteiger partial charge in [-0.2, -0.15) is 11.8 Å². The van der Waals surface area contributed by atoms with Gasteiger partial charge in [0.1, 0.15) is 17.2 Å². The molecule has 0 amide bonds. The van der Waals surface area contributed by atoms with E-state index in [1.165, 1.54) is 18.4 Å². The quantitative estimate of drug-likeness (QED) is 0.0782. The lowest BCUT2D eigenvalue weighted by atomic mass is 9.77. The highest BCUT2D eigenvalue weighted by Crippen LogP contribution is 2.54. The first-order valence-corrected chi connectivity index (χ1v) is 17.5. The molecule has 0 fully saturated rings. The Morgan fingerprint density at radius 3 is 2.59 bits per heavy atom. The molecule has 0 bridgehead atoms. The Hall–Kier alpha value is -3.33. The number of benzene rings is 4. The SMILES string of the molecule is CCCCSC(=S)CSCc1ccc(C(=O)Oc2ccc3ccc4c(c3c2)N=CC2(O4)N(C)c3ccccc3C2(C)C)cc1. The molecular formula is C36H36N2O3S3. The third-order valence-electron chi connectivity index (χ3n) is 8.54. The van der Waals surface area contributed by atoms with E-state index in [0.717, 1.165) is 49.2 Å². The smallest absolute Gasteiger partial charge is 0.343 e. The van der Waals surface area contributed by atoms with Crippen molar-refractivity contribution in [3.63, 3.8) is 0 Å². The second-order valence-corrected chi connectivity index (χ2v) is 14.6. The largest absolute Gasteiger partial charge is 0.459 e. The van der Waals surface area contributed by atoms with Crippen LogP contribution in [0.3, 0.4) is 0 Å². The number of hydrogen-bond donors (Lipinski definition) is 0. The Balaban J connectivity index is 1.15. The normalized spacial score (nSPS) is 17.8. The molecule has 1 unspecified atom stereocenters. The highest BCUT2D eigenvalue weighted by Gasteiger charge is 2.58. The molecular weight excluding hydrogens is 605 g/mol. The number of thiocarbonyl (C=S) groups is 1. The zero-order chi connectivity index (χ0) is 30.9. The molecule has 4 aromatic carbocycles. The predicted molar refractivity (Wildman–Crippen MR) is 191 cm³/mol. The monoisotopic (exact) mass is 640 g/mol. The van der Waals surface area contributed by atoms with Gasteiger partial charge in [-0.25, -0.2) is 4.79 Å². The average molecular weight is 641 g/mol. The molecule has 0 saturated heterocycles. The number of hydrogen-bond acceptors (Lipinski definition) is 8. The molecule has 226 valence electrons. The third-order valence-corrected chi connectivity index (χ3v) is 11.4. The van der Waals surface area contributed by atoms with Crippen molar-refractivity contribution in [3.8, 4) is 11.5 Å². The molecule has 44 heavy (non-hydrogen) atoms. The summed E-state index contributed by atoms with van der Waals surface area (Å²) in [6.07, 6.45) is 4.31. The van der Waals surface area contributed by atoms with Crippen LogP contribution in [0.1, 0.15) is 55.1 Å². The lowest BCUT2D eigenvalue weighted by molar-refractivity contribution is 0.0735. The van der Waals surface area contributed by atoms with Crippen molar-refractivity contribution in [3.05, 3.63) is 95.6 Å². The molecule has 4 aromatic rings. The maximum absolute atomic E-state index is 13.1. The van der Waals surface area contributed by atoms with Gasteiger partial charge in [0.05, 0.1) is 21.4 Å². The van der Waals surface area contributed by atoms with E-state index in [1.807, 2.05) is 60.8 Å². The summed E-state index contributed by atoms with van der Waals surface area (Å²) in [7, 11) is 2.05.